The highest BCUT2D eigenvalue weighted by Gasteiger charge is 2.11. The zero-order valence-electron chi connectivity index (χ0n) is 9.95. The molecule has 0 bridgehead atoms. The lowest BCUT2D eigenvalue weighted by atomic mass is 10.1. The van der Waals surface area contributed by atoms with Gasteiger partial charge in [-0.3, -0.25) is 0 Å². The fourth-order valence-corrected chi connectivity index (χ4v) is 1.64. The van der Waals surface area contributed by atoms with Gasteiger partial charge in [0.25, 0.3) is 0 Å². The van der Waals surface area contributed by atoms with Crippen LogP contribution in [0.4, 0.5) is 0 Å². The molecule has 0 aromatic heterocycles. The van der Waals surface area contributed by atoms with Gasteiger partial charge in [0.1, 0.15) is 0 Å². The van der Waals surface area contributed by atoms with Crippen molar-refractivity contribution < 1.29 is 9.47 Å². The summed E-state index contributed by atoms with van der Waals surface area (Å²) in [6.45, 7) is 6.78. The van der Waals surface area contributed by atoms with Crippen molar-refractivity contribution in [3.63, 3.8) is 0 Å². The van der Waals surface area contributed by atoms with Crippen LogP contribution in [-0.4, -0.2) is 13.7 Å². The Morgan fingerprint density at radius 1 is 1.44 bits per heavy atom. The minimum Gasteiger partial charge on any atom is -0.493 e. The van der Waals surface area contributed by atoms with Gasteiger partial charge in [-0.1, -0.05) is 12.1 Å². The Morgan fingerprint density at radius 2 is 2.19 bits per heavy atom. The predicted molar refractivity (Wildman–Crippen MR) is 66.0 cm³/mol. The second kappa shape index (κ2) is 6.18. The fraction of sp³-hybridized carbons (Fsp3) is 0.385. The van der Waals surface area contributed by atoms with Gasteiger partial charge in [0.05, 0.1) is 13.7 Å². The van der Waals surface area contributed by atoms with E-state index in [1.807, 2.05) is 25.1 Å². The predicted octanol–water partition coefficient (Wildman–Crippen LogP) is 2.28. The normalized spacial score (nSPS) is 9.94. The Morgan fingerprint density at radius 3 is 2.69 bits per heavy atom. The molecular weight excluding hydrogens is 202 g/mol. The van der Waals surface area contributed by atoms with Gasteiger partial charge in [0, 0.05) is 12.1 Å². The average Bonchev–Trinajstić information content (AvgIpc) is 2.29. The van der Waals surface area contributed by atoms with Crippen LogP contribution in [0.5, 0.6) is 11.5 Å². The average molecular weight is 221 g/mol. The van der Waals surface area contributed by atoms with Crippen LogP contribution in [0.1, 0.15) is 18.1 Å². The molecule has 88 valence electrons. The minimum absolute atomic E-state index is 0.494. The number of rotatable bonds is 6. The standard InChI is InChI=1S/C13H19NO2/c1-4-6-11-7-10(9-14)8-12(16-5-2)13(11)15-3/h4,7-8H,1,5-6,9,14H2,2-3H3. The lowest BCUT2D eigenvalue weighted by molar-refractivity contribution is 0.309. The maximum absolute atomic E-state index is 5.65. The SMILES string of the molecule is C=CCc1cc(CN)cc(OCC)c1OC. The summed E-state index contributed by atoms with van der Waals surface area (Å²) in [5.41, 5.74) is 7.75. The van der Waals surface area contributed by atoms with E-state index in [1.54, 1.807) is 7.11 Å². The van der Waals surface area contributed by atoms with Crippen molar-refractivity contribution in [2.24, 2.45) is 5.73 Å². The highest BCUT2D eigenvalue weighted by molar-refractivity contribution is 5.50. The van der Waals surface area contributed by atoms with Crippen molar-refractivity contribution in [1.82, 2.24) is 0 Å². The molecule has 1 rings (SSSR count). The van der Waals surface area contributed by atoms with Gasteiger partial charge in [-0.2, -0.15) is 0 Å². The molecule has 0 heterocycles. The molecule has 0 aliphatic heterocycles. The molecule has 0 atom stereocenters. The first kappa shape index (κ1) is 12.6. The molecule has 0 unspecified atom stereocenters. The number of hydrogen-bond donors (Lipinski definition) is 1. The van der Waals surface area contributed by atoms with Gasteiger partial charge in [-0.25, -0.2) is 0 Å². The van der Waals surface area contributed by atoms with Gasteiger partial charge in [-0.15, -0.1) is 6.58 Å². The smallest absolute Gasteiger partial charge is 0.164 e. The molecule has 3 nitrogen and oxygen atoms in total. The van der Waals surface area contributed by atoms with E-state index in [4.69, 9.17) is 15.2 Å². The molecule has 0 spiro atoms. The van der Waals surface area contributed by atoms with E-state index in [2.05, 4.69) is 6.58 Å². The van der Waals surface area contributed by atoms with Crippen molar-refractivity contribution in [1.29, 1.82) is 0 Å². The van der Waals surface area contributed by atoms with E-state index >= 15 is 0 Å². The van der Waals surface area contributed by atoms with Crippen LogP contribution in [0.25, 0.3) is 0 Å². The maximum atomic E-state index is 5.65. The number of allylic oxidation sites excluding steroid dienone is 1. The largest absolute Gasteiger partial charge is 0.493 e. The minimum atomic E-state index is 0.494. The Hall–Kier alpha value is -1.48. The van der Waals surface area contributed by atoms with E-state index in [9.17, 15) is 0 Å². The Bertz CT molecular complexity index is 361. The summed E-state index contributed by atoms with van der Waals surface area (Å²) in [4.78, 5) is 0. The Labute approximate surface area is 96.9 Å². The maximum Gasteiger partial charge on any atom is 0.164 e. The summed E-state index contributed by atoms with van der Waals surface area (Å²) in [6.07, 6.45) is 2.59. The van der Waals surface area contributed by atoms with Crippen LogP contribution >= 0.6 is 0 Å². The number of ether oxygens (including phenoxy) is 2. The van der Waals surface area contributed by atoms with Gasteiger partial charge >= 0.3 is 0 Å². The molecule has 0 fully saturated rings. The molecule has 2 N–H and O–H groups in total. The zero-order valence-corrected chi connectivity index (χ0v) is 9.95. The summed E-state index contributed by atoms with van der Waals surface area (Å²) >= 11 is 0. The van der Waals surface area contributed by atoms with E-state index in [0.29, 0.717) is 13.2 Å². The van der Waals surface area contributed by atoms with Crippen molar-refractivity contribution in [3.8, 4) is 11.5 Å². The molecule has 1 aromatic carbocycles. The van der Waals surface area contributed by atoms with Gasteiger partial charge in [0.2, 0.25) is 0 Å². The molecule has 16 heavy (non-hydrogen) atoms. The monoisotopic (exact) mass is 221 g/mol. The number of benzene rings is 1. The van der Waals surface area contributed by atoms with Gasteiger partial charge in [0.15, 0.2) is 11.5 Å². The molecule has 0 radical (unpaired) electrons. The van der Waals surface area contributed by atoms with Crippen molar-refractivity contribution >= 4 is 0 Å². The summed E-state index contributed by atoms with van der Waals surface area (Å²) in [6, 6.07) is 3.96. The summed E-state index contributed by atoms with van der Waals surface area (Å²) in [5.74, 6) is 1.53. The van der Waals surface area contributed by atoms with E-state index in [-0.39, 0.29) is 0 Å². The highest BCUT2D eigenvalue weighted by Crippen LogP contribution is 2.33. The molecule has 1 aromatic rings. The number of nitrogens with two attached hydrogens (primary N) is 1. The second-order valence-electron chi connectivity index (χ2n) is 3.42. The third-order valence-corrected chi connectivity index (χ3v) is 2.30. The fourth-order valence-electron chi connectivity index (χ4n) is 1.64. The first-order valence-electron chi connectivity index (χ1n) is 5.40. The van der Waals surface area contributed by atoms with E-state index in [1.165, 1.54) is 0 Å². The van der Waals surface area contributed by atoms with E-state index in [0.717, 1.165) is 29.0 Å². The van der Waals surface area contributed by atoms with Crippen LogP contribution in [-0.2, 0) is 13.0 Å². The Balaban J connectivity index is 3.21. The lowest BCUT2D eigenvalue weighted by Gasteiger charge is -2.14. The summed E-state index contributed by atoms with van der Waals surface area (Å²) in [7, 11) is 1.65. The van der Waals surface area contributed by atoms with E-state index < -0.39 is 0 Å². The van der Waals surface area contributed by atoms with Crippen LogP contribution < -0.4 is 15.2 Å². The second-order valence-corrected chi connectivity index (χ2v) is 3.42. The topological polar surface area (TPSA) is 44.5 Å². The molecule has 3 heteroatoms. The third-order valence-electron chi connectivity index (χ3n) is 2.30. The number of hydrogen-bond acceptors (Lipinski definition) is 3. The Kier molecular flexibility index (Phi) is 4.86. The third kappa shape index (κ3) is 2.76. The van der Waals surface area contributed by atoms with Crippen LogP contribution in [0.15, 0.2) is 24.8 Å². The highest BCUT2D eigenvalue weighted by atomic mass is 16.5. The lowest BCUT2D eigenvalue weighted by Crippen LogP contribution is -2.03. The van der Waals surface area contributed by atoms with Gasteiger partial charge in [-0.05, 0) is 25.0 Å². The zero-order chi connectivity index (χ0) is 12.0. The first-order chi connectivity index (χ1) is 7.76. The first-order valence-corrected chi connectivity index (χ1v) is 5.40. The van der Waals surface area contributed by atoms with Gasteiger partial charge < -0.3 is 15.2 Å². The van der Waals surface area contributed by atoms with Crippen LogP contribution in [0, 0.1) is 0 Å². The van der Waals surface area contributed by atoms with Crippen molar-refractivity contribution in [3.05, 3.63) is 35.9 Å². The van der Waals surface area contributed by atoms with Crippen LogP contribution in [0.3, 0.4) is 0 Å². The van der Waals surface area contributed by atoms with Crippen molar-refractivity contribution in [2.75, 3.05) is 13.7 Å². The molecule has 0 aliphatic rings. The summed E-state index contributed by atoms with van der Waals surface area (Å²) in [5, 5.41) is 0. The summed E-state index contributed by atoms with van der Waals surface area (Å²) < 4.78 is 10.9. The molecule has 0 saturated heterocycles. The molecular formula is C13H19NO2. The molecule has 0 aliphatic carbocycles. The number of methoxy groups -OCH3 is 1. The molecule has 0 amide bonds. The quantitative estimate of drug-likeness (QED) is 0.749. The van der Waals surface area contributed by atoms with Crippen LogP contribution in [0.2, 0.25) is 0 Å². The molecule has 0 saturated carbocycles. The van der Waals surface area contributed by atoms with Crippen molar-refractivity contribution in [2.45, 2.75) is 19.9 Å².